The molecule has 0 aromatic carbocycles. The summed E-state index contributed by atoms with van der Waals surface area (Å²) >= 11 is 0. The van der Waals surface area contributed by atoms with Crippen molar-refractivity contribution < 1.29 is 19.1 Å². The number of ether oxygens (including phenoxy) is 2. The molecule has 5 nitrogen and oxygen atoms in total. The molecule has 1 saturated heterocycles. The number of methoxy groups -OCH3 is 1. The van der Waals surface area contributed by atoms with Crippen LogP contribution in [0.15, 0.2) is 0 Å². The van der Waals surface area contributed by atoms with E-state index in [-0.39, 0.29) is 12.5 Å². The van der Waals surface area contributed by atoms with Gasteiger partial charge in [0, 0.05) is 6.54 Å². The number of rotatable bonds is 1. The molecule has 0 aromatic rings. The zero-order valence-electron chi connectivity index (χ0n) is 6.83. The highest BCUT2D eigenvalue weighted by molar-refractivity contribution is 5.98. The average molecular weight is 173 g/mol. The monoisotopic (exact) mass is 173 g/mol. The summed E-state index contributed by atoms with van der Waals surface area (Å²) in [7, 11) is 1.25. The minimum Gasteiger partial charge on any atom is -0.468 e. The molecule has 0 spiro atoms. The van der Waals surface area contributed by atoms with Crippen LogP contribution in [0.5, 0.6) is 0 Å². The number of hydrogen-bond acceptors (Lipinski definition) is 4. The van der Waals surface area contributed by atoms with E-state index < -0.39 is 11.9 Å². The van der Waals surface area contributed by atoms with Gasteiger partial charge in [0.25, 0.3) is 0 Å². The fraction of sp³-hybridized carbons (Fsp3) is 0.714. The van der Waals surface area contributed by atoms with E-state index in [1.807, 2.05) is 0 Å². The lowest BCUT2D eigenvalue weighted by Gasteiger charge is -2.08. The molecule has 0 bridgehead atoms. The number of nitrogens with one attached hydrogen (secondary N) is 1. The Morgan fingerprint density at radius 1 is 1.75 bits per heavy atom. The van der Waals surface area contributed by atoms with E-state index in [4.69, 9.17) is 4.74 Å². The Morgan fingerprint density at radius 3 is 3.17 bits per heavy atom. The highest BCUT2D eigenvalue weighted by Crippen LogP contribution is 2.03. The van der Waals surface area contributed by atoms with Crippen LogP contribution in [0.1, 0.15) is 0 Å². The van der Waals surface area contributed by atoms with Gasteiger partial charge in [-0.25, -0.2) is 0 Å². The molecular weight excluding hydrogens is 162 g/mol. The Bertz CT molecular complexity index is 192. The maximum atomic E-state index is 11.1. The van der Waals surface area contributed by atoms with Gasteiger partial charge in [-0.3, -0.25) is 9.59 Å². The van der Waals surface area contributed by atoms with Crippen LogP contribution in [-0.4, -0.2) is 38.7 Å². The highest BCUT2D eigenvalue weighted by atomic mass is 16.5. The first-order valence-electron chi connectivity index (χ1n) is 3.69. The zero-order valence-corrected chi connectivity index (χ0v) is 6.83. The Hall–Kier alpha value is -1.10. The van der Waals surface area contributed by atoms with Crippen LogP contribution >= 0.6 is 0 Å². The Labute approximate surface area is 70.0 Å². The molecule has 12 heavy (non-hydrogen) atoms. The second kappa shape index (κ2) is 4.06. The molecule has 0 aromatic heterocycles. The minimum absolute atomic E-state index is 0.110. The summed E-state index contributed by atoms with van der Waals surface area (Å²) in [5.74, 6) is -1.67. The SMILES string of the molecule is COC(=O)C1COCCNC1=O. The van der Waals surface area contributed by atoms with Gasteiger partial charge in [0.15, 0.2) is 5.92 Å². The molecule has 1 aliphatic rings. The summed E-state index contributed by atoms with van der Waals surface area (Å²) in [6, 6.07) is 0. The van der Waals surface area contributed by atoms with Crippen LogP contribution in [0.4, 0.5) is 0 Å². The second-order valence-corrected chi connectivity index (χ2v) is 2.44. The molecule has 1 atom stereocenters. The second-order valence-electron chi connectivity index (χ2n) is 2.44. The van der Waals surface area contributed by atoms with E-state index >= 15 is 0 Å². The fourth-order valence-electron chi connectivity index (χ4n) is 0.964. The molecule has 1 fully saturated rings. The molecule has 1 N–H and O–H groups in total. The van der Waals surface area contributed by atoms with Gasteiger partial charge >= 0.3 is 5.97 Å². The lowest BCUT2D eigenvalue weighted by molar-refractivity contribution is -0.151. The van der Waals surface area contributed by atoms with E-state index in [2.05, 4.69) is 10.1 Å². The van der Waals surface area contributed by atoms with Crippen molar-refractivity contribution in [3.05, 3.63) is 0 Å². The summed E-state index contributed by atoms with van der Waals surface area (Å²) in [6.07, 6.45) is 0. The van der Waals surface area contributed by atoms with Gasteiger partial charge in [-0.1, -0.05) is 0 Å². The van der Waals surface area contributed by atoms with Crippen molar-refractivity contribution in [1.29, 1.82) is 0 Å². The van der Waals surface area contributed by atoms with Crippen LogP contribution < -0.4 is 5.32 Å². The fourth-order valence-corrected chi connectivity index (χ4v) is 0.964. The number of carbonyl (C=O) groups excluding carboxylic acids is 2. The van der Waals surface area contributed by atoms with Crippen molar-refractivity contribution in [2.75, 3.05) is 26.9 Å². The molecule has 1 aliphatic heterocycles. The molecule has 5 heteroatoms. The zero-order chi connectivity index (χ0) is 8.97. The standard InChI is InChI=1S/C7H11NO4/c1-11-7(10)5-4-12-3-2-8-6(5)9/h5H,2-4H2,1H3,(H,8,9). The van der Waals surface area contributed by atoms with E-state index in [1.165, 1.54) is 7.11 Å². The average Bonchev–Trinajstić information content (AvgIpc) is 2.28. The van der Waals surface area contributed by atoms with Gasteiger partial charge in [0.1, 0.15) is 0 Å². The lowest BCUT2D eigenvalue weighted by Crippen LogP contribution is -2.36. The first-order chi connectivity index (χ1) is 5.75. The Balaban J connectivity index is 2.59. The molecule has 68 valence electrons. The van der Waals surface area contributed by atoms with Crippen LogP contribution in [0, 0.1) is 5.92 Å². The Kier molecular flexibility index (Phi) is 3.04. The van der Waals surface area contributed by atoms with Crippen LogP contribution in [0.25, 0.3) is 0 Å². The molecule has 1 unspecified atom stereocenters. The Morgan fingerprint density at radius 2 is 2.50 bits per heavy atom. The van der Waals surface area contributed by atoms with Gasteiger partial charge < -0.3 is 14.8 Å². The molecule has 0 saturated carbocycles. The predicted octanol–water partition coefficient (Wildman–Crippen LogP) is -1.08. The summed E-state index contributed by atoms with van der Waals surface area (Å²) in [6.45, 7) is 1.00. The summed E-state index contributed by atoms with van der Waals surface area (Å²) in [4.78, 5) is 22.1. The van der Waals surface area contributed by atoms with E-state index in [0.29, 0.717) is 13.2 Å². The van der Waals surface area contributed by atoms with Crippen LogP contribution in [0.3, 0.4) is 0 Å². The third kappa shape index (κ3) is 1.94. The first kappa shape index (κ1) is 8.99. The number of amides is 1. The van der Waals surface area contributed by atoms with Crippen LogP contribution in [-0.2, 0) is 19.1 Å². The van der Waals surface area contributed by atoms with E-state index in [0.717, 1.165) is 0 Å². The van der Waals surface area contributed by atoms with Crippen LogP contribution in [0.2, 0.25) is 0 Å². The number of hydrogen-bond donors (Lipinski definition) is 1. The van der Waals surface area contributed by atoms with Crippen molar-refractivity contribution in [3.8, 4) is 0 Å². The number of carbonyl (C=O) groups is 2. The molecule has 1 rings (SSSR count). The lowest BCUT2D eigenvalue weighted by atomic mass is 10.1. The largest absolute Gasteiger partial charge is 0.468 e. The van der Waals surface area contributed by atoms with Gasteiger partial charge in [-0.05, 0) is 0 Å². The van der Waals surface area contributed by atoms with Gasteiger partial charge in [-0.2, -0.15) is 0 Å². The molecular formula is C7H11NO4. The van der Waals surface area contributed by atoms with E-state index in [1.54, 1.807) is 0 Å². The third-order valence-electron chi connectivity index (χ3n) is 1.63. The van der Waals surface area contributed by atoms with Crippen molar-refractivity contribution >= 4 is 11.9 Å². The highest BCUT2D eigenvalue weighted by Gasteiger charge is 2.29. The van der Waals surface area contributed by atoms with Crippen molar-refractivity contribution in [1.82, 2.24) is 5.32 Å². The van der Waals surface area contributed by atoms with Crippen molar-refractivity contribution in [3.63, 3.8) is 0 Å². The number of esters is 1. The van der Waals surface area contributed by atoms with Gasteiger partial charge in [0.05, 0.1) is 20.3 Å². The van der Waals surface area contributed by atoms with Gasteiger partial charge in [0.2, 0.25) is 5.91 Å². The maximum absolute atomic E-state index is 11.1. The van der Waals surface area contributed by atoms with Crippen molar-refractivity contribution in [2.45, 2.75) is 0 Å². The summed E-state index contributed by atoms with van der Waals surface area (Å²) in [5.41, 5.74) is 0. The normalized spacial score (nSPS) is 24.1. The predicted molar refractivity (Wildman–Crippen MR) is 39.3 cm³/mol. The van der Waals surface area contributed by atoms with Crippen molar-refractivity contribution in [2.24, 2.45) is 5.92 Å². The first-order valence-corrected chi connectivity index (χ1v) is 3.69. The molecule has 1 heterocycles. The molecule has 0 aliphatic carbocycles. The summed E-state index contributed by atoms with van der Waals surface area (Å²) < 4.78 is 9.45. The van der Waals surface area contributed by atoms with Gasteiger partial charge in [-0.15, -0.1) is 0 Å². The maximum Gasteiger partial charge on any atom is 0.320 e. The van der Waals surface area contributed by atoms with E-state index in [9.17, 15) is 9.59 Å². The summed E-state index contributed by atoms with van der Waals surface area (Å²) in [5, 5.41) is 2.55. The molecule has 0 radical (unpaired) electrons. The smallest absolute Gasteiger partial charge is 0.320 e. The minimum atomic E-state index is -0.808. The third-order valence-corrected chi connectivity index (χ3v) is 1.63. The quantitative estimate of drug-likeness (QED) is 0.404. The molecule has 1 amide bonds. The topological polar surface area (TPSA) is 64.6 Å².